The summed E-state index contributed by atoms with van der Waals surface area (Å²) in [6.45, 7) is 0. The molecule has 0 fully saturated rings. The van der Waals surface area contributed by atoms with Gasteiger partial charge < -0.3 is 4.98 Å². The molecule has 2 nitrogen and oxygen atoms in total. The molecule has 3 aromatic rings. The molecule has 1 aromatic heterocycles. The van der Waals surface area contributed by atoms with Crippen LogP contribution >= 0.6 is 23.2 Å². The molecule has 4 heteroatoms. The summed E-state index contributed by atoms with van der Waals surface area (Å²) in [5.41, 5.74) is 4.33. The predicted molar refractivity (Wildman–Crippen MR) is 95.4 cm³/mol. The molecule has 0 amide bonds. The summed E-state index contributed by atoms with van der Waals surface area (Å²) in [6.07, 6.45) is 3.45. The normalized spacial score (nSPS) is 16.1. The van der Waals surface area contributed by atoms with E-state index in [4.69, 9.17) is 23.2 Å². The number of halogens is 2. The molecular formula is C19H13Cl2NO. The summed E-state index contributed by atoms with van der Waals surface area (Å²) >= 11 is 12.5. The molecule has 4 rings (SSSR count). The third-order valence-corrected chi connectivity index (χ3v) is 5.07. The number of carbonyl (C=O) groups is 1. The molecule has 0 radical (unpaired) electrons. The number of aromatic nitrogens is 1. The summed E-state index contributed by atoms with van der Waals surface area (Å²) in [6, 6.07) is 13.5. The van der Waals surface area contributed by atoms with Crippen molar-refractivity contribution in [1.82, 2.24) is 4.98 Å². The minimum absolute atomic E-state index is 0.0403. The van der Waals surface area contributed by atoms with E-state index < -0.39 is 0 Å². The van der Waals surface area contributed by atoms with Gasteiger partial charge in [-0.1, -0.05) is 53.5 Å². The number of allylic oxidation sites excluding steroid dienone is 1. The summed E-state index contributed by atoms with van der Waals surface area (Å²) in [4.78, 5) is 16.0. The first-order valence-electron chi connectivity index (χ1n) is 7.44. The van der Waals surface area contributed by atoms with Crippen LogP contribution in [0.1, 0.15) is 28.0 Å². The van der Waals surface area contributed by atoms with Crippen molar-refractivity contribution in [2.45, 2.75) is 12.8 Å². The van der Waals surface area contributed by atoms with Crippen LogP contribution in [0.3, 0.4) is 0 Å². The Morgan fingerprint density at radius 1 is 1.00 bits per heavy atom. The second-order valence-corrected chi connectivity index (χ2v) is 6.46. The smallest absolute Gasteiger partial charge is 0.205 e. The number of carbonyl (C=O) groups excluding carboxylic acids is 1. The van der Waals surface area contributed by atoms with Crippen LogP contribution in [0.4, 0.5) is 0 Å². The van der Waals surface area contributed by atoms with Crippen LogP contribution in [0.25, 0.3) is 17.0 Å². The lowest BCUT2D eigenvalue weighted by Gasteiger charge is -2.14. The van der Waals surface area contributed by atoms with E-state index in [0.717, 1.165) is 34.0 Å². The number of benzene rings is 2. The molecule has 1 heterocycles. The molecule has 1 N–H and O–H groups in total. The zero-order valence-corrected chi connectivity index (χ0v) is 13.7. The van der Waals surface area contributed by atoms with Crippen LogP contribution in [0, 0.1) is 0 Å². The van der Waals surface area contributed by atoms with E-state index in [0.29, 0.717) is 22.2 Å². The number of aromatic amines is 1. The van der Waals surface area contributed by atoms with E-state index in [9.17, 15) is 4.79 Å². The van der Waals surface area contributed by atoms with Crippen LogP contribution in [0.5, 0.6) is 0 Å². The average Bonchev–Trinajstić information content (AvgIpc) is 2.95. The van der Waals surface area contributed by atoms with E-state index in [1.54, 1.807) is 6.07 Å². The topological polar surface area (TPSA) is 32.9 Å². The van der Waals surface area contributed by atoms with E-state index in [2.05, 4.69) is 4.98 Å². The monoisotopic (exact) mass is 341 g/mol. The lowest BCUT2D eigenvalue weighted by Crippen LogP contribution is -2.13. The molecule has 0 bridgehead atoms. The average molecular weight is 342 g/mol. The number of hydrogen-bond donors (Lipinski definition) is 1. The molecule has 0 saturated heterocycles. The Morgan fingerprint density at radius 3 is 2.57 bits per heavy atom. The highest BCUT2D eigenvalue weighted by atomic mass is 35.5. The SMILES string of the molecule is O=C1C(=Cc2ccccc2)CCc2c1[nH]c1ccc(Cl)c(Cl)c21. The van der Waals surface area contributed by atoms with Crippen molar-refractivity contribution in [2.75, 3.05) is 0 Å². The van der Waals surface area contributed by atoms with Crippen LogP contribution in [0.15, 0.2) is 48.0 Å². The molecule has 2 aromatic carbocycles. The van der Waals surface area contributed by atoms with E-state index in [1.807, 2.05) is 42.5 Å². The largest absolute Gasteiger partial charge is 0.352 e. The number of nitrogens with one attached hydrogen (secondary N) is 1. The van der Waals surface area contributed by atoms with Gasteiger partial charge in [0.25, 0.3) is 0 Å². The van der Waals surface area contributed by atoms with E-state index >= 15 is 0 Å². The van der Waals surface area contributed by atoms with Crippen LogP contribution in [-0.2, 0) is 6.42 Å². The number of ketones is 1. The fourth-order valence-corrected chi connectivity index (χ4v) is 3.59. The van der Waals surface area contributed by atoms with Gasteiger partial charge in [-0.25, -0.2) is 0 Å². The first-order valence-corrected chi connectivity index (χ1v) is 8.19. The van der Waals surface area contributed by atoms with Gasteiger partial charge >= 0.3 is 0 Å². The molecule has 0 aliphatic heterocycles. The molecular weight excluding hydrogens is 329 g/mol. The van der Waals surface area contributed by atoms with Gasteiger partial charge in [-0.3, -0.25) is 4.79 Å². The third kappa shape index (κ3) is 2.39. The third-order valence-electron chi connectivity index (χ3n) is 4.26. The zero-order valence-electron chi connectivity index (χ0n) is 12.2. The van der Waals surface area contributed by atoms with Gasteiger partial charge in [0.05, 0.1) is 15.7 Å². The quantitative estimate of drug-likeness (QED) is 0.567. The van der Waals surface area contributed by atoms with Crippen LogP contribution < -0.4 is 0 Å². The van der Waals surface area contributed by atoms with Crippen molar-refractivity contribution in [1.29, 1.82) is 0 Å². The van der Waals surface area contributed by atoms with Crippen molar-refractivity contribution in [2.24, 2.45) is 0 Å². The maximum Gasteiger partial charge on any atom is 0.205 e. The Kier molecular flexibility index (Phi) is 3.51. The molecule has 1 aliphatic carbocycles. The van der Waals surface area contributed by atoms with Crippen LogP contribution in [0.2, 0.25) is 10.0 Å². The Bertz CT molecular complexity index is 954. The van der Waals surface area contributed by atoms with Gasteiger partial charge in [-0.05, 0) is 42.2 Å². The van der Waals surface area contributed by atoms with Crippen molar-refractivity contribution in [3.63, 3.8) is 0 Å². The highest BCUT2D eigenvalue weighted by molar-refractivity contribution is 6.45. The number of H-pyrrole nitrogens is 1. The number of Topliss-reactive ketones (excluding diaryl/α,β-unsaturated/α-hetero) is 1. The molecule has 23 heavy (non-hydrogen) atoms. The Hall–Kier alpha value is -2.03. The zero-order chi connectivity index (χ0) is 16.0. The van der Waals surface area contributed by atoms with Crippen molar-refractivity contribution < 1.29 is 4.79 Å². The van der Waals surface area contributed by atoms with Gasteiger partial charge in [0.2, 0.25) is 5.78 Å². The minimum atomic E-state index is 0.0403. The summed E-state index contributed by atoms with van der Waals surface area (Å²) in [7, 11) is 0. The second kappa shape index (κ2) is 5.55. The van der Waals surface area contributed by atoms with Gasteiger partial charge in [0.1, 0.15) is 0 Å². The summed E-state index contributed by atoms with van der Waals surface area (Å²) in [5.74, 6) is 0.0403. The van der Waals surface area contributed by atoms with Gasteiger partial charge in [0, 0.05) is 16.5 Å². The molecule has 1 aliphatic rings. The lowest BCUT2D eigenvalue weighted by atomic mass is 9.89. The molecule has 0 unspecified atom stereocenters. The summed E-state index contributed by atoms with van der Waals surface area (Å²) < 4.78 is 0. The number of rotatable bonds is 1. The Morgan fingerprint density at radius 2 is 1.78 bits per heavy atom. The first kappa shape index (κ1) is 14.6. The van der Waals surface area contributed by atoms with Crippen molar-refractivity contribution in [3.05, 3.63) is 74.9 Å². The highest BCUT2D eigenvalue weighted by Crippen LogP contribution is 2.38. The number of aryl methyl sites for hydroxylation is 1. The highest BCUT2D eigenvalue weighted by Gasteiger charge is 2.27. The Labute approximate surface area is 143 Å². The Balaban J connectivity index is 1.84. The van der Waals surface area contributed by atoms with Gasteiger partial charge in [0.15, 0.2) is 0 Å². The number of fused-ring (bicyclic) bond motifs is 3. The predicted octanol–water partition coefficient (Wildman–Crippen LogP) is 5.69. The summed E-state index contributed by atoms with van der Waals surface area (Å²) in [5, 5.41) is 1.91. The fourth-order valence-electron chi connectivity index (χ4n) is 3.15. The maximum absolute atomic E-state index is 12.8. The van der Waals surface area contributed by atoms with Gasteiger partial charge in [-0.2, -0.15) is 0 Å². The van der Waals surface area contributed by atoms with Crippen LogP contribution in [-0.4, -0.2) is 10.8 Å². The standard InChI is InChI=1S/C19H13Cl2NO/c20-14-8-9-15-16(17(14)21)13-7-6-12(19(23)18(13)22-15)10-11-4-2-1-3-5-11/h1-5,8-10,22H,6-7H2. The first-order chi connectivity index (χ1) is 11.1. The molecule has 0 saturated carbocycles. The lowest BCUT2D eigenvalue weighted by molar-refractivity contribution is 0.102. The van der Waals surface area contributed by atoms with E-state index in [1.165, 1.54) is 0 Å². The fraction of sp³-hybridized carbons (Fsp3) is 0.105. The van der Waals surface area contributed by atoms with Crippen molar-refractivity contribution >= 4 is 46.0 Å². The van der Waals surface area contributed by atoms with Crippen molar-refractivity contribution in [3.8, 4) is 0 Å². The van der Waals surface area contributed by atoms with Gasteiger partial charge in [-0.15, -0.1) is 0 Å². The second-order valence-electron chi connectivity index (χ2n) is 5.67. The maximum atomic E-state index is 12.8. The minimum Gasteiger partial charge on any atom is -0.352 e. The van der Waals surface area contributed by atoms with E-state index in [-0.39, 0.29) is 5.78 Å². The number of hydrogen-bond acceptors (Lipinski definition) is 1. The molecule has 0 spiro atoms. The molecule has 0 atom stereocenters. The molecule has 114 valence electrons.